The third kappa shape index (κ3) is 5.40. The van der Waals surface area contributed by atoms with E-state index in [1.54, 1.807) is 11.9 Å². The van der Waals surface area contributed by atoms with Crippen molar-refractivity contribution in [1.82, 2.24) is 15.5 Å². The lowest BCUT2D eigenvalue weighted by molar-refractivity contribution is 0.221. The number of benzene rings is 2. The molecule has 6 nitrogen and oxygen atoms in total. The van der Waals surface area contributed by atoms with Crippen molar-refractivity contribution in [3.8, 4) is 0 Å². The smallest absolute Gasteiger partial charge is 0.323 e. The van der Waals surface area contributed by atoms with E-state index in [1.807, 2.05) is 76.2 Å². The summed E-state index contributed by atoms with van der Waals surface area (Å²) in [7, 11) is 1.60. The molecule has 4 N–H and O–H groups in total. The number of allylic oxidation sites excluding steroid dienone is 2. The van der Waals surface area contributed by atoms with Gasteiger partial charge in [0.2, 0.25) is 0 Å². The van der Waals surface area contributed by atoms with Crippen LogP contribution in [-0.4, -0.2) is 36.1 Å². The van der Waals surface area contributed by atoms with E-state index in [2.05, 4.69) is 10.6 Å². The number of aryl methyl sites for hydroxylation is 1. The summed E-state index contributed by atoms with van der Waals surface area (Å²) in [5.74, 6) is 0.151. The van der Waals surface area contributed by atoms with E-state index >= 15 is 0 Å². The molecule has 0 heterocycles. The number of nitrogens with zero attached hydrogens (tertiary/aromatic N) is 1. The minimum atomic E-state index is -0.275. The Hall–Kier alpha value is -3.67. The predicted octanol–water partition coefficient (Wildman–Crippen LogP) is 5.55. The van der Waals surface area contributed by atoms with Gasteiger partial charge in [0, 0.05) is 25.0 Å². The molecule has 0 unspecified atom stereocenters. The van der Waals surface area contributed by atoms with Gasteiger partial charge in [0.05, 0.1) is 5.70 Å². The van der Waals surface area contributed by atoms with Gasteiger partial charge in [0.15, 0.2) is 5.84 Å². The average Bonchev–Trinajstić information content (AvgIpc) is 3.64. The molecule has 0 radical (unpaired) electrons. The number of hydrogen-bond donors (Lipinski definition) is 4. The van der Waals surface area contributed by atoms with Gasteiger partial charge in [-0.2, -0.15) is 0 Å². The average molecular weight is 444 g/mol. The summed E-state index contributed by atoms with van der Waals surface area (Å²) in [6.45, 7) is 8.01. The molecule has 2 amide bonds. The largest absolute Gasteiger partial charge is 0.352 e. The summed E-state index contributed by atoms with van der Waals surface area (Å²) in [6, 6.07) is 15.7. The van der Waals surface area contributed by atoms with E-state index in [9.17, 15) is 4.79 Å². The van der Waals surface area contributed by atoms with Crippen LogP contribution in [0.3, 0.4) is 0 Å². The normalized spacial score (nSPS) is 13.5. The van der Waals surface area contributed by atoms with Gasteiger partial charge in [0.25, 0.3) is 0 Å². The van der Waals surface area contributed by atoms with Gasteiger partial charge < -0.3 is 16.0 Å². The second-order valence-corrected chi connectivity index (χ2v) is 8.59. The van der Waals surface area contributed by atoms with Crippen LogP contribution in [0.5, 0.6) is 0 Å². The molecule has 0 aromatic heterocycles. The molecule has 172 valence electrons. The molecule has 6 heteroatoms. The van der Waals surface area contributed by atoms with Crippen LogP contribution in [0.2, 0.25) is 0 Å². The Bertz CT molecular complexity index is 1120. The van der Waals surface area contributed by atoms with Crippen LogP contribution in [0.15, 0.2) is 59.8 Å². The quantitative estimate of drug-likeness (QED) is 0.334. The fourth-order valence-electron chi connectivity index (χ4n) is 3.79. The Kier molecular flexibility index (Phi) is 7.48. The summed E-state index contributed by atoms with van der Waals surface area (Å²) < 4.78 is 0. The van der Waals surface area contributed by atoms with Crippen LogP contribution in [-0.2, 0) is 0 Å². The van der Waals surface area contributed by atoms with E-state index in [0.717, 1.165) is 51.9 Å². The summed E-state index contributed by atoms with van der Waals surface area (Å²) in [6.07, 6.45) is 3.13. The van der Waals surface area contributed by atoms with Crippen molar-refractivity contribution in [1.29, 1.82) is 10.8 Å². The Morgan fingerprint density at radius 2 is 1.73 bits per heavy atom. The van der Waals surface area contributed by atoms with Crippen molar-refractivity contribution in [3.63, 3.8) is 0 Å². The van der Waals surface area contributed by atoms with E-state index in [-0.39, 0.29) is 17.9 Å². The van der Waals surface area contributed by atoms with Crippen molar-refractivity contribution in [3.05, 3.63) is 82.1 Å². The molecule has 1 aliphatic rings. The maximum atomic E-state index is 12.7. The highest BCUT2D eigenvalue weighted by atomic mass is 16.2. The predicted molar refractivity (Wildman–Crippen MR) is 137 cm³/mol. The molecule has 1 aliphatic carbocycles. The standard InChI is InChI=1S/C27H33N5O/c1-17(2)24(20-9-7-6-8-10-20)31-25(26(29)32(23-13-14-23)27(33)30-5)19(4)21-11-12-22(16-28)18(3)15-21/h6-12,15-16,23,28-29,31H,13-14H2,1-5H3,(H,30,33)/b25-19+,28-16?,29-26?. The zero-order chi connectivity index (χ0) is 24.1. The molecule has 0 atom stereocenters. The zero-order valence-electron chi connectivity index (χ0n) is 20.0. The molecular formula is C27H33N5O. The number of amides is 2. The van der Waals surface area contributed by atoms with Crippen LogP contribution in [0.4, 0.5) is 4.79 Å². The SMILES string of the molecule is CNC(=O)N(C(=N)/C(NC(=C(C)C)c1ccccc1)=C(/C)c1ccc(C=N)c(C)c1)C1CC1. The summed E-state index contributed by atoms with van der Waals surface area (Å²) in [5.41, 5.74) is 7.25. The van der Waals surface area contributed by atoms with Gasteiger partial charge in [0.1, 0.15) is 0 Å². The monoisotopic (exact) mass is 443 g/mol. The lowest BCUT2D eigenvalue weighted by atomic mass is 9.98. The van der Waals surface area contributed by atoms with E-state index in [4.69, 9.17) is 10.8 Å². The van der Waals surface area contributed by atoms with Crippen LogP contribution < -0.4 is 10.6 Å². The first-order chi connectivity index (χ1) is 15.8. The number of rotatable bonds is 7. The number of urea groups is 1. The summed E-state index contributed by atoms with van der Waals surface area (Å²) >= 11 is 0. The Morgan fingerprint density at radius 1 is 1.06 bits per heavy atom. The van der Waals surface area contributed by atoms with Gasteiger partial charge in [-0.15, -0.1) is 0 Å². The molecular weight excluding hydrogens is 410 g/mol. The minimum Gasteiger partial charge on any atom is -0.352 e. The molecule has 0 saturated heterocycles. The highest BCUT2D eigenvalue weighted by Crippen LogP contribution is 2.31. The van der Waals surface area contributed by atoms with Crippen molar-refractivity contribution < 1.29 is 4.79 Å². The molecule has 1 fully saturated rings. The van der Waals surface area contributed by atoms with Crippen LogP contribution in [0.1, 0.15) is 55.9 Å². The molecule has 2 aromatic rings. The van der Waals surface area contributed by atoms with Gasteiger partial charge >= 0.3 is 6.03 Å². The number of amidine groups is 1. The first-order valence-electron chi connectivity index (χ1n) is 11.2. The fourth-order valence-corrected chi connectivity index (χ4v) is 3.79. The summed E-state index contributed by atoms with van der Waals surface area (Å²) in [5, 5.41) is 22.9. The molecule has 2 aromatic carbocycles. The fraction of sp³-hybridized carbons (Fsp3) is 0.296. The van der Waals surface area contributed by atoms with Crippen molar-refractivity contribution >= 4 is 29.4 Å². The maximum absolute atomic E-state index is 12.7. The van der Waals surface area contributed by atoms with Gasteiger partial charge in [-0.1, -0.05) is 54.1 Å². The van der Waals surface area contributed by atoms with E-state index < -0.39 is 0 Å². The minimum absolute atomic E-state index is 0.0379. The Morgan fingerprint density at radius 3 is 2.24 bits per heavy atom. The van der Waals surface area contributed by atoms with Crippen LogP contribution in [0.25, 0.3) is 11.3 Å². The van der Waals surface area contributed by atoms with Gasteiger partial charge in [-0.05, 0) is 68.4 Å². The summed E-state index contributed by atoms with van der Waals surface area (Å²) in [4.78, 5) is 14.3. The Labute approximate surface area is 196 Å². The molecule has 1 saturated carbocycles. The lowest BCUT2D eigenvalue weighted by Crippen LogP contribution is -2.46. The number of hydrogen-bond acceptors (Lipinski definition) is 4. The number of carbonyl (C=O) groups is 1. The second kappa shape index (κ2) is 10.3. The van der Waals surface area contributed by atoms with Crippen molar-refractivity contribution in [2.45, 2.75) is 46.6 Å². The highest BCUT2D eigenvalue weighted by Gasteiger charge is 2.37. The second-order valence-electron chi connectivity index (χ2n) is 8.59. The van der Waals surface area contributed by atoms with Crippen molar-refractivity contribution in [2.75, 3.05) is 7.05 Å². The van der Waals surface area contributed by atoms with E-state index in [0.29, 0.717) is 5.70 Å². The van der Waals surface area contributed by atoms with Crippen LogP contribution in [0, 0.1) is 17.7 Å². The Balaban J connectivity index is 2.15. The lowest BCUT2D eigenvalue weighted by Gasteiger charge is -2.27. The van der Waals surface area contributed by atoms with E-state index in [1.165, 1.54) is 6.21 Å². The molecule has 0 aliphatic heterocycles. The first-order valence-corrected chi connectivity index (χ1v) is 11.2. The number of carbonyl (C=O) groups excluding carboxylic acids is 1. The molecule has 0 spiro atoms. The third-order valence-electron chi connectivity index (χ3n) is 5.87. The van der Waals surface area contributed by atoms with Gasteiger partial charge in [-0.3, -0.25) is 10.3 Å². The topological polar surface area (TPSA) is 92.1 Å². The molecule has 0 bridgehead atoms. The van der Waals surface area contributed by atoms with Crippen molar-refractivity contribution in [2.24, 2.45) is 0 Å². The molecule has 33 heavy (non-hydrogen) atoms. The zero-order valence-corrected chi connectivity index (χ0v) is 20.0. The first kappa shape index (κ1) is 24.0. The highest BCUT2D eigenvalue weighted by molar-refractivity contribution is 6.10. The molecule has 3 rings (SSSR count). The maximum Gasteiger partial charge on any atom is 0.323 e. The van der Waals surface area contributed by atoms with Gasteiger partial charge in [-0.25, -0.2) is 4.79 Å². The third-order valence-corrected chi connectivity index (χ3v) is 5.87. The van der Waals surface area contributed by atoms with Crippen LogP contribution >= 0.6 is 0 Å². The number of nitrogens with one attached hydrogen (secondary N) is 4.